The molecule has 0 radical (unpaired) electrons. The van der Waals surface area contributed by atoms with Crippen molar-refractivity contribution < 1.29 is 28.2 Å². The molecule has 0 bridgehead atoms. The maximum absolute atomic E-state index is 13.3. The molecule has 0 saturated heterocycles. The van der Waals surface area contributed by atoms with Crippen LogP contribution < -0.4 is 19.5 Å². The molecule has 0 fully saturated rings. The topological polar surface area (TPSA) is 77.1 Å². The van der Waals surface area contributed by atoms with Crippen LogP contribution in [0.3, 0.4) is 0 Å². The van der Waals surface area contributed by atoms with E-state index in [0.29, 0.717) is 34.9 Å². The Hall–Kier alpha value is -4.07. The van der Waals surface area contributed by atoms with Crippen molar-refractivity contribution in [3.05, 3.63) is 88.7 Å². The van der Waals surface area contributed by atoms with Gasteiger partial charge in [0.2, 0.25) is 11.7 Å². The van der Waals surface area contributed by atoms with Gasteiger partial charge < -0.3 is 24.4 Å². The van der Waals surface area contributed by atoms with Gasteiger partial charge in [-0.1, -0.05) is 30.3 Å². The van der Waals surface area contributed by atoms with Crippen LogP contribution >= 0.6 is 0 Å². The normalized spacial score (nSPS) is 13.3. The Bertz CT molecular complexity index is 1200. The maximum atomic E-state index is 13.3. The van der Waals surface area contributed by atoms with Crippen LogP contribution in [0.1, 0.15) is 39.5 Å². The van der Waals surface area contributed by atoms with Crippen molar-refractivity contribution in [2.45, 2.75) is 25.6 Å². The van der Waals surface area contributed by atoms with E-state index in [-0.39, 0.29) is 30.6 Å². The summed E-state index contributed by atoms with van der Waals surface area (Å²) in [5.41, 5.74) is 2.98. The van der Waals surface area contributed by atoms with Crippen molar-refractivity contribution in [2.75, 3.05) is 21.3 Å². The molecular formula is C27H27FN2O5. The van der Waals surface area contributed by atoms with E-state index in [4.69, 9.17) is 14.2 Å². The molecule has 1 N–H and O–H groups in total. The van der Waals surface area contributed by atoms with Gasteiger partial charge in [0, 0.05) is 18.7 Å². The minimum atomic E-state index is -0.586. The molecule has 7 nitrogen and oxygen atoms in total. The summed E-state index contributed by atoms with van der Waals surface area (Å²) in [6.07, 6.45) is 0.0135. The van der Waals surface area contributed by atoms with Gasteiger partial charge in [-0.05, 0) is 47.0 Å². The Balaban J connectivity index is 1.64. The van der Waals surface area contributed by atoms with Gasteiger partial charge in [0.1, 0.15) is 5.82 Å². The minimum Gasteiger partial charge on any atom is -0.493 e. The highest BCUT2D eigenvalue weighted by Gasteiger charge is 2.35. The number of fused-ring (bicyclic) bond motifs is 1. The first-order valence-corrected chi connectivity index (χ1v) is 11.1. The summed E-state index contributed by atoms with van der Waals surface area (Å²) >= 11 is 0. The van der Waals surface area contributed by atoms with Crippen molar-refractivity contribution in [1.29, 1.82) is 0 Å². The fourth-order valence-corrected chi connectivity index (χ4v) is 4.28. The van der Waals surface area contributed by atoms with Gasteiger partial charge >= 0.3 is 0 Å². The molecule has 0 aromatic heterocycles. The first-order valence-electron chi connectivity index (χ1n) is 11.1. The summed E-state index contributed by atoms with van der Waals surface area (Å²) in [6, 6.07) is 16.3. The summed E-state index contributed by atoms with van der Waals surface area (Å²) in [7, 11) is 4.55. The summed E-state index contributed by atoms with van der Waals surface area (Å²) < 4.78 is 29.6. The fourth-order valence-electron chi connectivity index (χ4n) is 4.28. The van der Waals surface area contributed by atoms with E-state index >= 15 is 0 Å². The highest BCUT2D eigenvalue weighted by molar-refractivity contribution is 5.99. The van der Waals surface area contributed by atoms with Crippen molar-refractivity contribution in [2.24, 2.45) is 0 Å². The molecule has 1 heterocycles. The van der Waals surface area contributed by atoms with Crippen LogP contribution in [0.5, 0.6) is 17.2 Å². The molecule has 3 aromatic carbocycles. The van der Waals surface area contributed by atoms with E-state index in [9.17, 15) is 14.0 Å². The quantitative estimate of drug-likeness (QED) is 0.498. The number of methoxy groups -OCH3 is 3. The standard InChI is InChI=1S/C27H27FN2O5/c1-33-23-12-19(13-24(34-2)26(23)35-3)22(30-16-18-6-4-5-7-21(18)27(30)32)14-25(31)29-15-17-8-10-20(28)11-9-17/h4-13,22H,14-16H2,1-3H3,(H,29,31)/t22-/m1/s1. The van der Waals surface area contributed by atoms with Crippen molar-refractivity contribution >= 4 is 11.8 Å². The van der Waals surface area contributed by atoms with Crippen LogP contribution in [-0.4, -0.2) is 38.0 Å². The van der Waals surface area contributed by atoms with E-state index in [1.807, 2.05) is 18.2 Å². The largest absolute Gasteiger partial charge is 0.493 e. The molecule has 4 rings (SSSR count). The van der Waals surface area contributed by atoms with Crippen LogP contribution in [-0.2, 0) is 17.9 Å². The van der Waals surface area contributed by atoms with E-state index < -0.39 is 6.04 Å². The first-order chi connectivity index (χ1) is 16.9. The number of hydrogen-bond acceptors (Lipinski definition) is 5. The van der Waals surface area contributed by atoms with Crippen LogP contribution in [0.4, 0.5) is 4.39 Å². The van der Waals surface area contributed by atoms with Crippen molar-refractivity contribution in [1.82, 2.24) is 10.2 Å². The number of nitrogens with zero attached hydrogens (tertiary/aromatic N) is 1. The average molecular weight is 479 g/mol. The Morgan fingerprint density at radius 1 is 1.00 bits per heavy atom. The smallest absolute Gasteiger partial charge is 0.255 e. The SMILES string of the molecule is COc1cc([C@@H](CC(=O)NCc2ccc(F)cc2)N2Cc3ccccc3C2=O)cc(OC)c1OC. The number of benzene rings is 3. The summed E-state index contributed by atoms with van der Waals surface area (Å²) in [5, 5.41) is 2.87. The van der Waals surface area contributed by atoms with Gasteiger partial charge in [0.15, 0.2) is 11.5 Å². The number of halogens is 1. The summed E-state index contributed by atoms with van der Waals surface area (Å²) in [4.78, 5) is 28.0. The molecule has 0 spiro atoms. The van der Waals surface area contributed by atoms with Crippen molar-refractivity contribution in [3.8, 4) is 17.2 Å². The number of carbonyl (C=O) groups is 2. The zero-order valence-electron chi connectivity index (χ0n) is 19.8. The van der Waals surface area contributed by atoms with Gasteiger partial charge in [0.05, 0.1) is 33.8 Å². The molecule has 35 heavy (non-hydrogen) atoms. The van der Waals surface area contributed by atoms with Crippen molar-refractivity contribution in [3.63, 3.8) is 0 Å². The molecule has 0 saturated carbocycles. The molecule has 1 aliphatic rings. The number of nitrogens with one attached hydrogen (secondary N) is 1. The second-order valence-corrected chi connectivity index (χ2v) is 8.17. The molecule has 8 heteroatoms. The van der Waals surface area contributed by atoms with Gasteiger partial charge in [-0.25, -0.2) is 4.39 Å². The second kappa shape index (κ2) is 10.5. The molecular weight excluding hydrogens is 451 g/mol. The molecule has 2 amide bonds. The number of amides is 2. The van der Waals surface area contributed by atoms with Crippen LogP contribution in [0, 0.1) is 5.82 Å². The molecule has 1 atom stereocenters. The van der Waals surface area contributed by atoms with Gasteiger partial charge in [-0.3, -0.25) is 9.59 Å². The van der Waals surface area contributed by atoms with E-state index in [1.165, 1.54) is 33.5 Å². The second-order valence-electron chi connectivity index (χ2n) is 8.17. The molecule has 0 unspecified atom stereocenters. The number of carbonyl (C=O) groups excluding carboxylic acids is 2. The minimum absolute atomic E-state index is 0.0135. The number of rotatable bonds is 9. The third-order valence-electron chi connectivity index (χ3n) is 6.08. The zero-order chi connectivity index (χ0) is 24.9. The lowest BCUT2D eigenvalue weighted by molar-refractivity contribution is -0.122. The summed E-state index contributed by atoms with van der Waals surface area (Å²) in [5.74, 6) is 0.553. The molecule has 0 aliphatic carbocycles. The lowest BCUT2D eigenvalue weighted by atomic mass is 10.00. The average Bonchev–Trinajstić information content (AvgIpc) is 3.22. The Morgan fingerprint density at radius 3 is 2.26 bits per heavy atom. The Kier molecular flexibility index (Phi) is 7.19. The van der Waals surface area contributed by atoms with Gasteiger partial charge in [-0.15, -0.1) is 0 Å². The molecule has 182 valence electrons. The third kappa shape index (κ3) is 5.06. The maximum Gasteiger partial charge on any atom is 0.255 e. The highest BCUT2D eigenvalue weighted by atomic mass is 19.1. The monoisotopic (exact) mass is 478 g/mol. The van der Waals surface area contributed by atoms with Crippen LogP contribution in [0.15, 0.2) is 60.7 Å². The van der Waals surface area contributed by atoms with E-state index in [2.05, 4.69) is 5.32 Å². The van der Waals surface area contributed by atoms with Crippen LogP contribution in [0.25, 0.3) is 0 Å². The van der Waals surface area contributed by atoms with Gasteiger partial charge in [-0.2, -0.15) is 0 Å². The molecule has 3 aromatic rings. The lowest BCUT2D eigenvalue weighted by Gasteiger charge is -2.29. The number of hydrogen-bond donors (Lipinski definition) is 1. The zero-order valence-corrected chi connectivity index (χ0v) is 19.8. The Labute approximate surface area is 203 Å². The molecule has 1 aliphatic heterocycles. The summed E-state index contributed by atoms with van der Waals surface area (Å²) in [6.45, 7) is 0.622. The van der Waals surface area contributed by atoms with E-state index in [1.54, 1.807) is 35.2 Å². The third-order valence-corrected chi connectivity index (χ3v) is 6.08. The lowest BCUT2D eigenvalue weighted by Crippen LogP contribution is -2.34. The van der Waals surface area contributed by atoms with E-state index in [0.717, 1.165) is 11.1 Å². The van der Waals surface area contributed by atoms with Crippen LogP contribution in [0.2, 0.25) is 0 Å². The fraction of sp³-hybridized carbons (Fsp3) is 0.259. The Morgan fingerprint density at radius 2 is 1.66 bits per heavy atom. The first kappa shape index (κ1) is 24.1. The predicted molar refractivity (Wildman–Crippen MR) is 128 cm³/mol. The van der Waals surface area contributed by atoms with Gasteiger partial charge in [0.25, 0.3) is 5.91 Å². The highest BCUT2D eigenvalue weighted by Crippen LogP contribution is 2.42. The predicted octanol–water partition coefficient (Wildman–Crippen LogP) is 4.26. The number of ether oxygens (including phenoxy) is 3.